The van der Waals surface area contributed by atoms with Gasteiger partial charge in [-0.3, -0.25) is 14.3 Å². The van der Waals surface area contributed by atoms with Gasteiger partial charge in [0.05, 0.1) is 12.2 Å². The summed E-state index contributed by atoms with van der Waals surface area (Å²) in [4.78, 5) is 28.3. The van der Waals surface area contributed by atoms with Gasteiger partial charge in [-0.2, -0.15) is 5.10 Å². The molecule has 2 aliphatic heterocycles. The third-order valence-corrected chi connectivity index (χ3v) is 5.96. The highest BCUT2D eigenvalue weighted by atomic mass is 19.1. The quantitative estimate of drug-likeness (QED) is 0.731. The Bertz CT molecular complexity index is 1140. The van der Waals surface area contributed by atoms with Crippen LogP contribution in [0.2, 0.25) is 0 Å². The number of halogens is 1. The van der Waals surface area contributed by atoms with Crippen LogP contribution in [0.1, 0.15) is 33.9 Å². The first-order chi connectivity index (χ1) is 14.0. The lowest BCUT2D eigenvalue weighted by Crippen LogP contribution is -2.42. The maximum Gasteiger partial charge on any atom is 0.254 e. The van der Waals surface area contributed by atoms with Crippen molar-refractivity contribution in [3.8, 4) is 0 Å². The van der Waals surface area contributed by atoms with Gasteiger partial charge in [0, 0.05) is 36.6 Å². The number of nitrogens with zero attached hydrogens (tertiary/aromatic N) is 3. The summed E-state index contributed by atoms with van der Waals surface area (Å²) in [5.41, 5.74) is 1.80. The molecule has 5 rings (SSSR count). The summed E-state index contributed by atoms with van der Waals surface area (Å²) in [7, 11) is 1.80. The van der Waals surface area contributed by atoms with Crippen LogP contribution >= 0.6 is 0 Å². The van der Waals surface area contributed by atoms with E-state index < -0.39 is 17.3 Å². The van der Waals surface area contributed by atoms with Crippen molar-refractivity contribution in [1.82, 2.24) is 14.7 Å². The first-order valence-corrected chi connectivity index (χ1v) is 9.47. The number of nitrogens with one attached hydrogen (secondary N) is 1. The minimum Gasteiger partial charge on any atom is -0.330 e. The molecule has 0 saturated carbocycles. The Balaban J connectivity index is 1.66. The number of hydrogen-bond donors (Lipinski definition) is 1. The lowest BCUT2D eigenvalue weighted by molar-refractivity contribution is -0.121. The Morgan fingerprint density at radius 2 is 2.07 bits per heavy atom. The van der Waals surface area contributed by atoms with Crippen molar-refractivity contribution in [3.63, 3.8) is 0 Å². The van der Waals surface area contributed by atoms with Gasteiger partial charge in [-0.05, 0) is 36.2 Å². The van der Waals surface area contributed by atoms with Gasteiger partial charge in [0.1, 0.15) is 11.2 Å². The fourth-order valence-electron chi connectivity index (χ4n) is 4.74. The largest absolute Gasteiger partial charge is 0.330 e. The SMILES string of the molecule is Cn1cc([C@@H]2N(C(=O)c3cccc(F)c3)CC[C@]23C(=O)Nc2ccccc23)cn1. The summed E-state index contributed by atoms with van der Waals surface area (Å²) in [6.07, 6.45) is 4.01. The van der Waals surface area contributed by atoms with E-state index in [0.717, 1.165) is 16.8 Å². The van der Waals surface area contributed by atoms with E-state index in [2.05, 4.69) is 10.4 Å². The molecule has 1 N–H and O–H groups in total. The number of hydrogen-bond acceptors (Lipinski definition) is 3. The minimum atomic E-state index is -0.900. The third kappa shape index (κ3) is 2.50. The predicted molar refractivity (Wildman–Crippen MR) is 105 cm³/mol. The standard InChI is InChI=1S/C22H19FN4O2/c1-26-13-15(12-24-26)19-22(17-7-2-3-8-18(17)25-21(22)29)9-10-27(19)20(28)14-5-4-6-16(23)11-14/h2-8,11-13,19H,9-10H2,1H3,(H,25,29)/t19-,22+/m0/s1. The maximum atomic E-state index is 13.7. The Hall–Kier alpha value is -3.48. The molecule has 2 amide bonds. The monoisotopic (exact) mass is 390 g/mol. The van der Waals surface area contributed by atoms with E-state index in [1.165, 1.54) is 18.2 Å². The number of carbonyl (C=O) groups is 2. The molecule has 29 heavy (non-hydrogen) atoms. The van der Waals surface area contributed by atoms with Crippen molar-refractivity contribution < 1.29 is 14.0 Å². The lowest BCUT2D eigenvalue weighted by atomic mass is 9.73. The van der Waals surface area contributed by atoms with Crippen LogP contribution in [0, 0.1) is 5.82 Å². The second kappa shape index (κ2) is 6.27. The molecule has 0 bridgehead atoms. The Morgan fingerprint density at radius 1 is 1.24 bits per heavy atom. The smallest absolute Gasteiger partial charge is 0.254 e. The highest BCUT2D eigenvalue weighted by Crippen LogP contribution is 2.54. The molecule has 2 atom stereocenters. The summed E-state index contributed by atoms with van der Waals surface area (Å²) in [6.45, 7) is 0.386. The first kappa shape index (κ1) is 17.6. The van der Waals surface area contributed by atoms with Crippen LogP contribution in [0.25, 0.3) is 0 Å². The Kier molecular flexibility index (Phi) is 3.81. The van der Waals surface area contributed by atoms with Gasteiger partial charge in [-0.1, -0.05) is 24.3 Å². The van der Waals surface area contributed by atoms with Crippen molar-refractivity contribution in [2.75, 3.05) is 11.9 Å². The molecule has 1 aromatic heterocycles. The van der Waals surface area contributed by atoms with Crippen LogP contribution in [0.15, 0.2) is 60.9 Å². The van der Waals surface area contributed by atoms with Gasteiger partial charge in [0.25, 0.3) is 5.91 Å². The fourth-order valence-corrected chi connectivity index (χ4v) is 4.74. The van der Waals surface area contributed by atoms with Crippen molar-refractivity contribution >= 4 is 17.5 Å². The zero-order valence-electron chi connectivity index (χ0n) is 15.8. The van der Waals surface area contributed by atoms with Gasteiger partial charge in [0.2, 0.25) is 5.91 Å². The molecule has 0 unspecified atom stereocenters. The summed E-state index contributed by atoms with van der Waals surface area (Å²) in [5, 5.41) is 7.25. The van der Waals surface area contributed by atoms with Gasteiger partial charge in [-0.25, -0.2) is 4.39 Å². The molecular formula is C22H19FN4O2. The fraction of sp³-hybridized carbons (Fsp3) is 0.227. The van der Waals surface area contributed by atoms with E-state index in [4.69, 9.17) is 0 Å². The number of para-hydroxylation sites is 1. The number of aromatic nitrogens is 2. The number of carbonyl (C=O) groups excluding carboxylic acids is 2. The maximum absolute atomic E-state index is 13.7. The molecular weight excluding hydrogens is 371 g/mol. The van der Waals surface area contributed by atoms with E-state index in [9.17, 15) is 14.0 Å². The minimum absolute atomic E-state index is 0.123. The predicted octanol–water partition coefficient (Wildman–Crippen LogP) is 3.04. The number of benzene rings is 2. The van der Waals surface area contributed by atoms with Crippen molar-refractivity contribution in [2.24, 2.45) is 7.05 Å². The van der Waals surface area contributed by atoms with E-state index in [1.54, 1.807) is 28.9 Å². The number of fused-ring (bicyclic) bond motifs is 2. The van der Waals surface area contributed by atoms with Gasteiger partial charge >= 0.3 is 0 Å². The van der Waals surface area contributed by atoms with Crippen molar-refractivity contribution in [3.05, 3.63) is 83.4 Å². The Morgan fingerprint density at radius 3 is 2.83 bits per heavy atom. The number of likely N-dealkylation sites (tertiary alicyclic amines) is 1. The van der Waals surface area contributed by atoms with Gasteiger partial charge < -0.3 is 10.2 Å². The molecule has 6 nitrogen and oxygen atoms in total. The van der Waals surface area contributed by atoms with Crippen LogP contribution in [0.3, 0.4) is 0 Å². The number of anilines is 1. The summed E-state index contributed by atoms with van der Waals surface area (Å²) < 4.78 is 15.4. The Labute approximate surface area is 166 Å². The molecule has 146 valence electrons. The van der Waals surface area contributed by atoms with Gasteiger partial charge in [0.15, 0.2) is 0 Å². The zero-order chi connectivity index (χ0) is 20.2. The zero-order valence-corrected chi connectivity index (χ0v) is 15.8. The molecule has 3 heterocycles. The van der Waals surface area contributed by atoms with Crippen molar-refractivity contribution in [2.45, 2.75) is 17.9 Å². The normalized spacial score (nSPS) is 22.8. The molecule has 2 aromatic carbocycles. The average Bonchev–Trinajstić information content (AvgIpc) is 3.39. The highest BCUT2D eigenvalue weighted by molar-refractivity contribution is 6.08. The summed E-state index contributed by atoms with van der Waals surface area (Å²) in [5.74, 6) is -0.888. The van der Waals surface area contributed by atoms with Crippen LogP contribution in [-0.2, 0) is 17.3 Å². The van der Waals surface area contributed by atoms with E-state index >= 15 is 0 Å². The van der Waals surface area contributed by atoms with Gasteiger partial charge in [-0.15, -0.1) is 0 Å². The topological polar surface area (TPSA) is 67.2 Å². The molecule has 1 spiro atoms. The van der Waals surface area contributed by atoms with E-state index in [1.807, 2.05) is 30.5 Å². The molecule has 0 aliphatic carbocycles. The molecule has 1 saturated heterocycles. The molecule has 0 radical (unpaired) electrons. The average molecular weight is 390 g/mol. The van der Waals surface area contributed by atoms with Crippen LogP contribution in [0.4, 0.5) is 10.1 Å². The summed E-state index contributed by atoms with van der Waals surface area (Å²) in [6, 6.07) is 12.7. The van der Waals surface area contributed by atoms with E-state index in [0.29, 0.717) is 13.0 Å². The number of rotatable bonds is 2. The molecule has 3 aromatic rings. The molecule has 7 heteroatoms. The lowest BCUT2D eigenvalue weighted by Gasteiger charge is -2.33. The third-order valence-electron chi connectivity index (χ3n) is 5.96. The van der Waals surface area contributed by atoms with Crippen LogP contribution < -0.4 is 5.32 Å². The second-order valence-corrected chi connectivity index (χ2v) is 7.58. The summed E-state index contributed by atoms with van der Waals surface area (Å²) >= 11 is 0. The van der Waals surface area contributed by atoms with Crippen LogP contribution in [-0.4, -0.2) is 33.0 Å². The first-order valence-electron chi connectivity index (χ1n) is 9.47. The molecule has 1 fully saturated rings. The molecule has 2 aliphatic rings. The number of amides is 2. The van der Waals surface area contributed by atoms with Crippen molar-refractivity contribution in [1.29, 1.82) is 0 Å². The second-order valence-electron chi connectivity index (χ2n) is 7.58. The van der Waals surface area contributed by atoms with E-state index in [-0.39, 0.29) is 17.4 Å². The van der Waals surface area contributed by atoms with Crippen LogP contribution in [0.5, 0.6) is 0 Å². The highest BCUT2D eigenvalue weighted by Gasteiger charge is 2.59. The number of aryl methyl sites for hydroxylation is 1.